The molecule has 47 heavy (non-hydrogen) atoms. The molecule has 4 N–H and O–H groups in total. The molecule has 0 aliphatic heterocycles. The van der Waals surface area contributed by atoms with Crippen LogP contribution in [0.3, 0.4) is 0 Å². The van der Waals surface area contributed by atoms with Crippen molar-refractivity contribution in [2.45, 2.75) is 161 Å². The van der Waals surface area contributed by atoms with Crippen molar-refractivity contribution in [2.24, 2.45) is 5.92 Å². The molecule has 0 rings (SSSR count). The van der Waals surface area contributed by atoms with Gasteiger partial charge in [0.05, 0.1) is 18.8 Å². The van der Waals surface area contributed by atoms with Gasteiger partial charge >= 0.3 is 19.8 Å². The molecule has 274 valence electrons. The van der Waals surface area contributed by atoms with Gasteiger partial charge in [0.2, 0.25) is 0 Å². The second-order valence-electron chi connectivity index (χ2n) is 12.6. The summed E-state index contributed by atoms with van der Waals surface area (Å²) in [6.45, 7) is 5.62. The summed E-state index contributed by atoms with van der Waals surface area (Å²) in [6.07, 6.45) is 25.0. The molecule has 0 aromatic heterocycles. The van der Waals surface area contributed by atoms with Crippen molar-refractivity contribution in [2.75, 3.05) is 13.2 Å². The second kappa shape index (κ2) is 30.3. The van der Waals surface area contributed by atoms with E-state index in [9.17, 15) is 24.4 Å². The SMILES string of the molecule is CCCCC/C=C\C/C=C\C/C=C\CC(O)C(O)CCCC(=O)O[C@H](COC(=O)CCCCCCCCCC(C)C)COP(=O)(O)O. The molecule has 0 saturated heterocycles. The van der Waals surface area contributed by atoms with E-state index in [4.69, 9.17) is 19.3 Å². The molecule has 0 saturated carbocycles. The maximum absolute atomic E-state index is 12.4. The van der Waals surface area contributed by atoms with E-state index < -0.39 is 44.7 Å². The molecule has 0 amide bonds. The van der Waals surface area contributed by atoms with Crippen LogP contribution in [0.25, 0.3) is 0 Å². The Kier molecular flexibility index (Phi) is 29.1. The van der Waals surface area contributed by atoms with Crippen LogP contribution >= 0.6 is 7.82 Å². The topological polar surface area (TPSA) is 160 Å². The summed E-state index contributed by atoms with van der Waals surface area (Å²) in [5.41, 5.74) is 0. The van der Waals surface area contributed by atoms with Gasteiger partial charge in [0, 0.05) is 12.8 Å². The molecule has 10 nitrogen and oxygen atoms in total. The number of aliphatic hydroxyl groups excluding tert-OH is 2. The first kappa shape index (κ1) is 45.2. The van der Waals surface area contributed by atoms with Crippen LogP contribution in [0, 0.1) is 5.92 Å². The number of esters is 2. The molecule has 0 radical (unpaired) electrons. The Morgan fingerprint density at radius 1 is 0.681 bits per heavy atom. The summed E-state index contributed by atoms with van der Waals surface area (Å²) >= 11 is 0. The fourth-order valence-electron chi connectivity index (χ4n) is 4.72. The standard InChI is InChI=1S/C36H65O10P/c1-4-5-6-7-8-9-10-11-12-15-18-21-25-33(37)34(38)26-23-28-36(40)46-32(30-45-47(41,42)43)29-44-35(39)27-22-19-16-13-14-17-20-24-31(2)3/h8-9,11-12,18,21,31-34,37-38H,4-7,10,13-17,19-20,22-30H2,1-3H3,(H2,41,42,43)/b9-8-,12-11-,21-18-/t32-,33?,34?/m1/s1. The molecule has 3 atom stereocenters. The number of ether oxygens (including phenoxy) is 2. The van der Waals surface area contributed by atoms with Gasteiger partial charge in [-0.15, -0.1) is 0 Å². The molecule has 0 fully saturated rings. The number of rotatable bonds is 31. The lowest BCUT2D eigenvalue weighted by Crippen LogP contribution is -2.30. The van der Waals surface area contributed by atoms with Crippen molar-refractivity contribution >= 4 is 19.8 Å². The average Bonchev–Trinajstić information content (AvgIpc) is 3.01. The third-order valence-corrected chi connectivity index (χ3v) is 8.03. The predicted octanol–water partition coefficient (Wildman–Crippen LogP) is 8.03. The molecule has 0 bridgehead atoms. The highest BCUT2D eigenvalue weighted by molar-refractivity contribution is 7.46. The van der Waals surface area contributed by atoms with Crippen LogP contribution in [0.1, 0.15) is 143 Å². The van der Waals surface area contributed by atoms with Gasteiger partial charge in [0.25, 0.3) is 0 Å². The first-order chi connectivity index (χ1) is 22.4. The molecule has 11 heteroatoms. The van der Waals surface area contributed by atoms with E-state index in [0.717, 1.165) is 44.4 Å². The van der Waals surface area contributed by atoms with Crippen LogP contribution in [-0.4, -0.2) is 63.5 Å². The van der Waals surface area contributed by atoms with E-state index in [1.165, 1.54) is 44.9 Å². The number of carbonyl (C=O) groups is 2. The average molecular weight is 689 g/mol. The van der Waals surface area contributed by atoms with Gasteiger partial charge < -0.3 is 29.5 Å². The summed E-state index contributed by atoms with van der Waals surface area (Å²) in [5.74, 6) is -0.440. The Morgan fingerprint density at radius 2 is 1.28 bits per heavy atom. The van der Waals surface area contributed by atoms with E-state index in [2.05, 4.69) is 49.6 Å². The molecular formula is C36H65O10P. The van der Waals surface area contributed by atoms with Gasteiger partial charge in [-0.3, -0.25) is 14.1 Å². The Morgan fingerprint density at radius 3 is 1.91 bits per heavy atom. The van der Waals surface area contributed by atoms with E-state index in [1.807, 2.05) is 12.2 Å². The van der Waals surface area contributed by atoms with Gasteiger partial charge in [-0.25, -0.2) is 4.57 Å². The number of unbranched alkanes of at least 4 members (excludes halogenated alkanes) is 9. The van der Waals surface area contributed by atoms with Crippen LogP contribution in [0.15, 0.2) is 36.5 Å². The normalized spacial score (nSPS) is 14.4. The number of hydrogen-bond donors (Lipinski definition) is 4. The highest BCUT2D eigenvalue weighted by Crippen LogP contribution is 2.36. The number of phosphoric acid groups is 1. The summed E-state index contributed by atoms with van der Waals surface area (Å²) in [6, 6.07) is 0. The molecule has 0 aliphatic rings. The number of hydrogen-bond acceptors (Lipinski definition) is 8. The van der Waals surface area contributed by atoms with Gasteiger partial charge in [0.1, 0.15) is 6.61 Å². The third kappa shape index (κ3) is 32.5. The summed E-state index contributed by atoms with van der Waals surface area (Å²) < 4.78 is 26.0. The van der Waals surface area contributed by atoms with Gasteiger partial charge in [-0.05, 0) is 57.3 Å². The lowest BCUT2D eigenvalue weighted by Gasteiger charge is -2.19. The molecule has 0 aromatic rings. The first-order valence-electron chi connectivity index (χ1n) is 17.8. The fraction of sp³-hybridized carbons (Fsp3) is 0.778. The van der Waals surface area contributed by atoms with E-state index in [1.54, 1.807) is 0 Å². The number of allylic oxidation sites excluding steroid dienone is 5. The summed E-state index contributed by atoms with van der Waals surface area (Å²) in [5, 5.41) is 20.5. The lowest BCUT2D eigenvalue weighted by atomic mass is 10.0. The Balaban J connectivity index is 4.29. The number of carbonyl (C=O) groups excluding carboxylic acids is 2. The number of aliphatic hydroxyl groups is 2. The van der Waals surface area contributed by atoms with Crippen LogP contribution < -0.4 is 0 Å². The molecule has 0 heterocycles. The zero-order chi connectivity index (χ0) is 35.2. The highest BCUT2D eigenvalue weighted by Gasteiger charge is 2.23. The minimum absolute atomic E-state index is 0.102. The maximum Gasteiger partial charge on any atom is 0.469 e. The predicted molar refractivity (Wildman–Crippen MR) is 187 cm³/mol. The van der Waals surface area contributed by atoms with Crippen LogP contribution in [0.5, 0.6) is 0 Å². The van der Waals surface area contributed by atoms with Crippen molar-refractivity contribution in [3.8, 4) is 0 Å². The Bertz CT molecular complexity index is 911. The fourth-order valence-corrected chi connectivity index (χ4v) is 5.08. The van der Waals surface area contributed by atoms with Gasteiger partial charge in [-0.1, -0.05) is 115 Å². The van der Waals surface area contributed by atoms with Crippen LogP contribution in [-0.2, 0) is 28.2 Å². The maximum atomic E-state index is 12.4. The van der Waals surface area contributed by atoms with E-state index in [-0.39, 0.29) is 38.7 Å². The molecule has 0 spiro atoms. The van der Waals surface area contributed by atoms with Gasteiger partial charge in [-0.2, -0.15) is 0 Å². The van der Waals surface area contributed by atoms with E-state index >= 15 is 0 Å². The Labute approximate surface area is 284 Å². The van der Waals surface area contributed by atoms with Gasteiger partial charge in [0.15, 0.2) is 6.10 Å². The van der Waals surface area contributed by atoms with Crippen LogP contribution in [0.2, 0.25) is 0 Å². The first-order valence-corrected chi connectivity index (χ1v) is 19.3. The third-order valence-electron chi connectivity index (χ3n) is 7.54. The molecular weight excluding hydrogens is 623 g/mol. The summed E-state index contributed by atoms with van der Waals surface area (Å²) in [7, 11) is -4.83. The van der Waals surface area contributed by atoms with Crippen molar-refractivity contribution < 1.29 is 48.2 Å². The summed E-state index contributed by atoms with van der Waals surface area (Å²) in [4.78, 5) is 42.6. The van der Waals surface area contributed by atoms with Crippen molar-refractivity contribution in [1.29, 1.82) is 0 Å². The zero-order valence-electron chi connectivity index (χ0n) is 29.3. The minimum atomic E-state index is -4.83. The zero-order valence-corrected chi connectivity index (χ0v) is 30.2. The highest BCUT2D eigenvalue weighted by atomic mass is 31.2. The molecule has 0 aromatic carbocycles. The molecule has 0 aliphatic carbocycles. The van der Waals surface area contributed by atoms with Crippen molar-refractivity contribution in [1.82, 2.24) is 0 Å². The van der Waals surface area contributed by atoms with Crippen molar-refractivity contribution in [3.63, 3.8) is 0 Å². The van der Waals surface area contributed by atoms with Crippen LogP contribution in [0.4, 0.5) is 0 Å². The largest absolute Gasteiger partial charge is 0.469 e. The second-order valence-corrected chi connectivity index (χ2v) is 13.9. The number of phosphoric ester groups is 1. The quantitative estimate of drug-likeness (QED) is 0.0243. The van der Waals surface area contributed by atoms with E-state index in [0.29, 0.717) is 6.42 Å². The monoisotopic (exact) mass is 688 g/mol. The lowest BCUT2D eigenvalue weighted by molar-refractivity contribution is -0.161. The smallest absolute Gasteiger partial charge is 0.462 e. The Hall–Kier alpha value is -1.81. The van der Waals surface area contributed by atoms with Crippen molar-refractivity contribution in [3.05, 3.63) is 36.5 Å². The minimum Gasteiger partial charge on any atom is -0.462 e. The molecule has 2 unspecified atom stereocenters.